The average molecular weight is 1920 g/mol. The van der Waals surface area contributed by atoms with Gasteiger partial charge in [0.25, 0.3) is 45.9 Å². The quantitative estimate of drug-likeness (QED) is 0.0653. The maximum Gasteiger partial charge on any atom is 0.417 e. The molecule has 0 aliphatic carbocycles. The van der Waals surface area contributed by atoms with Gasteiger partial charge in [-0.3, -0.25) is 56.6 Å². The highest BCUT2D eigenvalue weighted by Crippen LogP contribution is 2.37. The molecular formula is C101H77Cl3F6N20O8. The van der Waals surface area contributed by atoms with Crippen LogP contribution >= 0.6 is 34.8 Å². The van der Waals surface area contributed by atoms with Crippen molar-refractivity contribution >= 4 is 124 Å². The molecule has 0 radical (unpaired) electrons. The largest absolute Gasteiger partial charge is 0.417 e. The van der Waals surface area contributed by atoms with Crippen LogP contribution in [0.1, 0.15) is 144 Å². The van der Waals surface area contributed by atoms with Crippen molar-refractivity contribution in [2.24, 2.45) is 0 Å². The zero-order valence-corrected chi connectivity index (χ0v) is 76.4. The Balaban J connectivity index is 0.000000127. The highest BCUT2D eigenvalue weighted by atomic mass is 35.5. The van der Waals surface area contributed by atoms with Crippen LogP contribution in [0.5, 0.6) is 0 Å². The number of aryl methyl sites for hydroxylation is 4. The number of nitrogens with one attached hydrogen (secondary N) is 4. The van der Waals surface area contributed by atoms with Crippen LogP contribution in [-0.2, 0) is 6.18 Å². The molecule has 692 valence electrons. The molecule has 12 aromatic heterocycles. The minimum absolute atomic E-state index is 0.0978. The van der Waals surface area contributed by atoms with Gasteiger partial charge >= 0.3 is 6.18 Å². The summed E-state index contributed by atoms with van der Waals surface area (Å²) in [4.78, 5) is 124. The van der Waals surface area contributed by atoms with Crippen LogP contribution in [0.2, 0.25) is 15.1 Å². The van der Waals surface area contributed by atoms with Crippen LogP contribution in [-0.4, -0.2) is 100 Å². The normalized spacial score (nSPS) is 12.4. The Hall–Kier alpha value is -16.6. The number of fused-ring (bicyclic) bond motifs is 8. The second-order valence-corrected chi connectivity index (χ2v) is 33.4. The van der Waals surface area contributed by atoms with Gasteiger partial charge in [0.2, 0.25) is 0 Å². The number of hydrogen-bond acceptors (Lipinski definition) is 16. The molecule has 4 N–H and O–H groups in total. The number of amides is 4. The van der Waals surface area contributed by atoms with E-state index in [1.165, 1.54) is 71.3 Å². The van der Waals surface area contributed by atoms with E-state index in [2.05, 4.69) is 61.6 Å². The predicted molar refractivity (Wildman–Crippen MR) is 513 cm³/mol. The van der Waals surface area contributed by atoms with Crippen molar-refractivity contribution in [3.63, 3.8) is 0 Å². The first-order chi connectivity index (χ1) is 66.2. The molecule has 28 nitrogen and oxygen atoms in total. The van der Waals surface area contributed by atoms with Gasteiger partial charge in [-0.05, 0) is 210 Å². The van der Waals surface area contributed by atoms with Gasteiger partial charge in [0.1, 0.15) is 28.1 Å². The van der Waals surface area contributed by atoms with Gasteiger partial charge in [0, 0.05) is 95.5 Å². The van der Waals surface area contributed by atoms with Crippen molar-refractivity contribution in [1.82, 2.24) is 97.9 Å². The van der Waals surface area contributed by atoms with Gasteiger partial charge in [-0.15, -0.1) is 0 Å². The zero-order chi connectivity index (χ0) is 97.6. The third-order valence-electron chi connectivity index (χ3n) is 23.1. The summed E-state index contributed by atoms with van der Waals surface area (Å²) in [5, 5.41) is 32.6. The van der Waals surface area contributed by atoms with Gasteiger partial charge in [0.05, 0.1) is 94.8 Å². The lowest BCUT2D eigenvalue weighted by atomic mass is 10.0. The van der Waals surface area contributed by atoms with E-state index in [0.29, 0.717) is 139 Å². The van der Waals surface area contributed by atoms with Crippen LogP contribution in [0.4, 0.5) is 26.3 Å². The molecule has 8 aromatic carbocycles. The zero-order valence-electron chi connectivity index (χ0n) is 74.1. The summed E-state index contributed by atoms with van der Waals surface area (Å²) in [5.41, 5.74) is 5.55. The standard InChI is InChI=1S/C26H20F3N5O2.C25H18ClF2N5O2.C25H19ClFN5O2.C25H20ClN5O2/c1-15(31-24(35)21-16(2)32-33-13-7-12-30-23(21)33)20-14-17-8-6-11-19(26(27,28)29)22(17)25(36)34(20)18-9-4-3-5-10-18;1-13(30-24(34)21-14(2)31-32-10-4-9-29-23(21)32)20-11-15-5-3-6-17(26)22(15)25(35)33(20)16-7-8-18(27)19(28)12-16;1-14(29-24(33)21-15(2)30-31-12-4-11-28-23(21)31)20-13-16-5-3-6-19(26)22(16)25(34)32(20)18-9-7-17(27)8-10-18;1-15(28-24(32)21-16(2)29-30-13-7-12-27-23(21)30)20-14-17-8-6-11-19(26)22(17)25(33)31(20)18-9-4-3-5-10-18/h3-15H,1-2H3,(H,31,35);3-13H,1-2H3,(H,30,34);3-14H,1-2H3,(H,29,33);3-15H,1-2H3,(H,28,32)/t15-;13-;14-;15-/m0000/s1. The van der Waals surface area contributed by atoms with Crippen LogP contribution in [0, 0.1) is 45.1 Å². The third kappa shape index (κ3) is 18.1. The van der Waals surface area contributed by atoms with Crippen molar-refractivity contribution in [1.29, 1.82) is 0 Å². The fourth-order valence-electron chi connectivity index (χ4n) is 16.8. The van der Waals surface area contributed by atoms with Gasteiger partial charge < -0.3 is 21.3 Å². The van der Waals surface area contributed by atoms with E-state index >= 15 is 0 Å². The number of alkyl halides is 3. The first-order valence-electron chi connectivity index (χ1n) is 42.8. The lowest BCUT2D eigenvalue weighted by molar-refractivity contribution is -0.136. The number of rotatable bonds is 16. The Morgan fingerprint density at radius 2 is 0.594 bits per heavy atom. The van der Waals surface area contributed by atoms with E-state index in [0.717, 1.165) is 18.2 Å². The first kappa shape index (κ1) is 93.2. The molecule has 20 rings (SSSR count). The Morgan fingerprint density at radius 3 is 0.899 bits per heavy atom. The Kier molecular flexibility index (Phi) is 26.0. The lowest BCUT2D eigenvalue weighted by Gasteiger charge is -2.22. The molecule has 0 saturated carbocycles. The second-order valence-electron chi connectivity index (χ2n) is 32.1. The maximum absolute atomic E-state index is 14.1. The number of pyridine rings is 4. The molecule has 4 amide bonds. The van der Waals surface area contributed by atoms with Crippen molar-refractivity contribution in [3.05, 3.63) is 421 Å². The monoisotopic (exact) mass is 1920 g/mol. The number of halogens is 9. The number of carbonyl (C=O) groups is 4. The summed E-state index contributed by atoms with van der Waals surface area (Å²) in [6.45, 7) is 13.9. The van der Waals surface area contributed by atoms with Crippen LogP contribution in [0.3, 0.4) is 0 Å². The van der Waals surface area contributed by atoms with Gasteiger partial charge in [0.15, 0.2) is 34.2 Å². The number of para-hydroxylation sites is 2. The molecule has 0 spiro atoms. The summed E-state index contributed by atoms with van der Waals surface area (Å²) in [5.74, 6) is -4.17. The van der Waals surface area contributed by atoms with Crippen molar-refractivity contribution in [3.8, 4) is 22.7 Å². The maximum atomic E-state index is 14.1. The molecule has 0 fully saturated rings. The van der Waals surface area contributed by atoms with E-state index in [1.807, 2.05) is 49.4 Å². The minimum atomic E-state index is -4.71. The number of hydrogen-bond donors (Lipinski definition) is 4. The summed E-state index contributed by atoms with van der Waals surface area (Å²) < 4.78 is 94.2. The SMILES string of the molecule is Cc1nn2cccnc2c1C(=O)N[C@@H](C)c1cc2cccc(C(F)(F)F)c2c(=O)n1-c1ccccc1.Cc1nn2cccnc2c1C(=O)N[C@@H](C)c1cc2cccc(Cl)c2c(=O)n1-c1ccc(F)c(F)c1.Cc1nn2cccnc2c1C(=O)N[C@@H](C)c1cc2cccc(Cl)c2c(=O)n1-c1ccc(F)cc1.Cc1nn2cccnc2c1C(=O)N[C@@H](C)c1cc2cccc(Cl)c2c(=O)n1-c1ccccc1. The number of benzene rings is 8. The van der Waals surface area contributed by atoms with E-state index in [1.54, 1.807) is 227 Å². The van der Waals surface area contributed by atoms with Crippen molar-refractivity contribution in [2.75, 3.05) is 0 Å². The smallest absolute Gasteiger partial charge is 0.344 e. The Bertz CT molecular complexity index is 8540. The van der Waals surface area contributed by atoms with Crippen LogP contribution < -0.4 is 43.5 Å². The molecule has 12 heterocycles. The van der Waals surface area contributed by atoms with E-state index in [-0.39, 0.29) is 50.0 Å². The van der Waals surface area contributed by atoms with E-state index < -0.39 is 81.7 Å². The summed E-state index contributed by atoms with van der Waals surface area (Å²) in [7, 11) is 0. The number of carbonyl (C=O) groups excluding carboxylic acids is 4. The first-order valence-corrected chi connectivity index (χ1v) is 43.9. The molecule has 4 atom stereocenters. The topological polar surface area (TPSA) is 325 Å². The van der Waals surface area contributed by atoms with Crippen molar-refractivity contribution < 1.29 is 45.5 Å². The molecule has 0 aliphatic rings. The molecule has 0 bridgehead atoms. The Labute approximate surface area is 792 Å². The summed E-state index contributed by atoms with van der Waals surface area (Å²) >= 11 is 19.0. The van der Waals surface area contributed by atoms with E-state index in [4.69, 9.17) is 34.8 Å². The average Bonchev–Trinajstić information content (AvgIpc) is 1.62. The van der Waals surface area contributed by atoms with E-state index in [9.17, 15) is 64.7 Å². The molecule has 0 saturated heterocycles. The fourth-order valence-corrected chi connectivity index (χ4v) is 17.6. The molecule has 0 aliphatic heterocycles. The highest BCUT2D eigenvalue weighted by molar-refractivity contribution is 6.36. The van der Waals surface area contributed by atoms with Gasteiger partial charge in [-0.25, -0.2) is 51.2 Å². The second kappa shape index (κ2) is 38.4. The predicted octanol–water partition coefficient (Wildman–Crippen LogP) is 18.7. The van der Waals surface area contributed by atoms with Crippen LogP contribution in [0.25, 0.3) is 88.4 Å². The minimum Gasteiger partial charge on any atom is -0.344 e. The third-order valence-corrected chi connectivity index (χ3v) is 24.0. The van der Waals surface area contributed by atoms with Crippen molar-refractivity contribution in [2.45, 2.75) is 85.7 Å². The fraction of sp³-hybridized carbons (Fsp3) is 0.129. The van der Waals surface area contributed by atoms with Gasteiger partial charge in [-0.1, -0.05) is 120 Å². The Morgan fingerprint density at radius 1 is 0.319 bits per heavy atom. The van der Waals surface area contributed by atoms with Gasteiger partial charge in [-0.2, -0.15) is 33.6 Å². The summed E-state index contributed by atoms with van der Waals surface area (Å²) in [6, 6.07) is 56.7. The summed E-state index contributed by atoms with van der Waals surface area (Å²) in [6.07, 6.45) is 8.43. The van der Waals surface area contributed by atoms with Crippen LogP contribution in [0.15, 0.2) is 293 Å². The number of nitrogens with zero attached hydrogens (tertiary/aromatic N) is 16. The molecule has 20 aromatic rings. The number of aromatic nitrogens is 16. The molecule has 0 unspecified atom stereocenters. The molecule has 37 heteroatoms. The lowest BCUT2D eigenvalue weighted by Crippen LogP contribution is -2.32. The molecule has 138 heavy (non-hydrogen) atoms. The molecular weight excluding hydrogens is 1840 g/mol. The highest BCUT2D eigenvalue weighted by Gasteiger charge is 2.36.